The molecular formula is C15H17FN2O. The number of hydrogen-bond acceptors (Lipinski definition) is 3. The fourth-order valence-electron chi connectivity index (χ4n) is 1.93. The first-order valence-electron chi connectivity index (χ1n) is 6.01. The van der Waals surface area contributed by atoms with Crippen molar-refractivity contribution in [2.75, 3.05) is 31.4 Å². The molecule has 0 fully saturated rings. The summed E-state index contributed by atoms with van der Waals surface area (Å²) < 4.78 is 18.7. The van der Waals surface area contributed by atoms with Crippen LogP contribution in [0.2, 0.25) is 0 Å². The SMILES string of the molecule is CNc1cccc(N(C)c2cc(F)ccc2OC)c1. The summed E-state index contributed by atoms with van der Waals surface area (Å²) in [6.07, 6.45) is 0. The van der Waals surface area contributed by atoms with Gasteiger partial charge < -0.3 is 15.0 Å². The van der Waals surface area contributed by atoms with E-state index < -0.39 is 0 Å². The average Bonchev–Trinajstić information content (AvgIpc) is 2.46. The number of nitrogens with one attached hydrogen (secondary N) is 1. The van der Waals surface area contributed by atoms with Gasteiger partial charge in [-0.25, -0.2) is 4.39 Å². The minimum atomic E-state index is -0.285. The minimum absolute atomic E-state index is 0.285. The zero-order valence-electron chi connectivity index (χ0n) is 11.3. The summed E-state index contributed by atoms with van der Waals surface area (Å²) in [7, 11) is 5.32. The number of benzene rings is 2. The third-order valence-corrected chi connectivity index (χ3v) is 3.02. The number of rotatable bonds is 4. The van der Waals surface area contributed by atoms with E-state index in [0.717, 1.165) is 11.4 Å². The zero-order chi connectivity index (χ0) is 13.8. The van der Waals surface area contributed by atoms with Gasteiger partial charge in [0.2, 0.25) is 0 Å². The standard InChI is InChI=1S/C15H17FN2O/c1-17-12-5-4-6-13(10-12)18(2)14-9-11(16)7-8-15(14)19-3/h4-10,17H,1-3H3. The lowest BCUT2D eigenvalue weighted by Gasteiger charge is -2.22. The highest BCUT2D eigenvalue weighted by Crippen LogP contribution is 2.33. The molecule has 2 rings (SSSR count). The van der Waals surface area contributed by atoms with Crippen LogP contribution in [-0.4, -0.2) is 21.2 Å². The van der Waals surface area contributed by atoms with Crippen LogP contribution in [0.15, 0.2) is 42.5 Å². The molecule has 0 unspecified atom stereocenters. The first-order chi connectivity index (χ1) is 9.15. The highest BCUT2D eigenvalue weighted by Gasteiger charge is 2.11. The Hall–Kier alpha value is -2.23. The van der Waals surface area contributed by atoms with Crippen molar-refractivity contribution in [3.8, 4) is 5.75 Å². The summed E-state index contributed by atoms with van der Waals surface area (Å²) in [5.74, 6) is 0.353. The summed E-state index contributed by atoms with van der Waals surface area (Å²) >= 11 is 0. The molecule has 0 radical (unpaired) electrons. The van der Waals surface area contributed by atoms with Crippen molar-refractivity contribution in [1.82, 2.24) is 0 Å². The van der Waals surface area contributed by atoms with Gasteiger partial charge >= 0.3 is 0 Å². The molecule has 3 nitrogen and oxygen atoms in total. The molecule has 2 aromatic rings. The van der Waals surface area contributed by atoms with Crippen molar-refractivity contribution >= 4 is 17.1 Å². The normalized spacial score (nSPS) is 10.1. The largest absolute Gasteiger partial charge is 0.495 e. The van der Waals surface area contributed by atoms with Gasteiger partial charge in [-0.2, -0.15) is 0 Å². The molecule has 0 aromatic heterocycles. The van der Waals surface area contributed by atoms with Gasteiger partial charge in [-0.15, -0.1) is 0 Å². The predicted molar refractivity (Wildman–Crippen MR) is 77.0 cm³/mol. The summed E-state index contributed by atoms with van der Waals surface area (Å²) in [5.41, 5.74) is 2.64. The molecule has 0 aliphatic heterocycles. The second-order valence-electron chi connectivity index (χ2n) is 4.18. The highest BCUT2D eigenvalue weighted by atomic mass is 19.1. The van der Waals surface area contributed by atoms with E-state index in [9.17, 15) is 4.39 Å². The maximum atomic E-state index is 13.4. The molecule has 2 aromatic carbocycles. The summed E-state index contributed by atoms with van der Waals surface area (Å²) in [6.45, 7) is 0. The van der Waals surface area contributed by atoms with E-state index in [-0.39, 0.29) is 5.82 Å². The smallest absolute Gasteiger partial charge is 0.142 e. The molecule has 0 bridgehead atoms. The van der Waals surface area contributed by atoms with Gasteiger partial charge in [-0.3, -0.25) is 0 Å². The predicted octanol–water partition coefficient (Wildman–Crippen LogP) is 3.64. The third-order valence-electron chi connectivity index (χ3n) is 3.02. The third kappa shape index (κ3) is 2.78. The van der Waals surface area contributed by atoms with Crippen molar-refractivity contribution in [3.05, 3.63) is 48.3 Å². The number of ether oxygens (including phenoxy) is 1. The Labute approximate surface area is 112 Å². The fourth-order valence-corrected chi connectivity index (χ4v) is 1.93. The second-order valence-corrected chi connectivity index (χ2v) is 4.18. The molecule has 0 aliphatic carbocycles. The van der Waals surface area contributed by atoms with Crippen LogP contribution < -0.4 is 15.0 Å². The first-order valence-corrected chi connectivity index (χ1v) is 6.01. The molecule has 4 heteroatoms. The summed E-state index contributed by atoms with van der Waals surface area (Å²) in [6, 6.07) is 12.4. The summed E-state index contributed by atoms with van der Waals surface area (Å²) in [4.78, 5) is 1.89. The molecule has 100 valence electrons. The second kappa shape index (κ2) is 5.61. The van der Waals surface area contributed by atoms with Gasteiger partial charge in [0.1, 0.15) is 11.6 Å². The van der Waals surface area contributed by atoms with Crippen molar-refractivity contribution in [2.24, 2.45) is 0 Å². The van der Waals surface area contributed by atoms with E-state index in [1.165, 1.54) is 12.1 Å². The number of halogens is 1. The molecule has 0 amide bonds. The van der Waals surface area contributed by atoms with E-state index in [4.69, 9.17) is 4.74 Å². The van der Waals surface area contributed by atoms with Gasteiger partial charge in [0, 0.05) is 31.5 Å². The van der Waals surface area contributed by atoms with Crippen LogP contribution in [0.3, 0.4) is 0 Å². The Morgan fingerprint density at radius 3 is 2.63 bits per heavy atom. The maximum Gasteiger partial charge on any atom is 0.142 e. The molecule has 0 aliphatic rings. The van der Waals surface area contributed by atoms with Gasteiger partial charge in [0.15, 0.2) is 0 Å². The average molecular weight is 260 g/mol. The van der Waals surface area contributed by atoms with Crippen LogP contribution in [0.4, 0.5) is 21.5 Å². The molecule has 19 heavy (non-hydrogen) atoms. The number of nitrogens with zero attached hydrogens (tertiary/aromatic N) is 1. The van der Waals surface area contributed by atoms with Gasteiger partial charge in [-0.05, 0) is 30.3 Å². The topological polar surface area (TPSA) is 24.5 Å². The molecule has 0 heterocycles. The molecule has 0 atom stereocenters. The Bertz CT molecular complexity index is 572. The molecular weight excluding hydrogens is 243 g/mol. The Morgan fingerprint density at radius 2 is 1.95 bits per heavy atom. The van der Waals surface area contributed by atoms with E-state index in [1.807, 2.05) is 43.3 Å². The van der Waals surface area contributed by atoms with Crippen LogP contribution in [-0.2, 0) is 0 Å². The number of anilines is 3. The lowest BCUT2D eigenvalue weighted by molar-refractivity contribution is 0.414. The van der Waals surface area contributed by atoms with Gasteiger partial charge in [0.25, 0.3) is 0 Å². The quantitative estimate of drug-likeness (QED) is 0.908. The van der Waals surface area contributed by atoms with Crippen molar-refractivity contribution in [1.29, 1.82) is 0 Å². The van der Waals surface area contributed by atoms with E-state index in [2.05, 4.69) is 5.32 Å². The number of methoxy groups -OCH3 is 1. The van der Waals surface area contributed by atoms with Crippen LogP contribution in [0, 0.1) is 5.82 Å². The monoisotopic (exact) mass is 260 g/mol. The van der Waals surface area contributed by atoms with Crippen molar-refractivity contribution in [3.63, 3.8) is 0 Å². The van der Waals surface area contributed by atoms with Gasteiger partial charge in [0.05, 0.1) is 12.8 Å². The van der Waals surface area contributed by atoms with E-state index in [0.29, 0.717) is 11.4 Å². The Kier molecular flexibility index (Phi) is 3.90. The molecule has 0 saturated heterocycles. The fraction of sp³-hybridized carbons (Fsp3) is 0.200. The van der Waals surface area contributed by atoms with Crippen LogP contribution in [0.1, 0.15) is 0 Å². The van der Waals surface area contributed by atoms with Crippen molar-refractivity contribution in [2.45, 2.75) is 0 Å². The van der Waals surface area contributed by atoms with E-state index in [1.54, 1.807) is 13.2 Å². The lowest BCUT2D eigenvalue weighted by atomic mass is 10.2. The first kappa shape index (κ1) is 13.2. The highest BCUT2D eigenvalue weighted by molar-refractivity contribution is 5.71. The molecule has 1 N–H and O–H groups in total. The minimum Gasteiger partial charge on any atom is -0.495 e. The lowest BCUT2D eigenvalue weighted by Crippen LogP contribution is -2.11. The molecule has 0 saturated carbocycles. The Morgan fingerprint density at radius 1 is 1.16 bits per heavy atom. The Balaban J connectivity index is 2.42. The van der Waals surface area contributed by atoms with Crippen LogP contribution >= 0.6 is 0 Å². The number of hydrogen-bond donors (Lipinski definition) is 1. The molecule has 0 spiro atoms. The van der Waals surface area contributed by atoms with Crippen LogP contribution in [0.25, 0.3) is 0 Å². The van der Waals surface area contributed by atoms with Crippen molar-refractivity contribution < 1.29 is 9.13 Å². The summed E-state index contributed by atoms with van der Waals surface area (Å²) in [5, 5.41) is 3.08. The van der Waals surface area contributed by atoms with Crippen LogP contribution in [0.5, 0.6) is 5.75 Å². The maximum absolute atomic E-state index is 13.4. The van der Waals surface area contributed by atoms with Gasteiger partial charge in [-0.1, -0.05) is 6.07 Å². The van der Waals surface area contributed by atoms with E-state index >= 15 is 0 Å². The zero-order valence-corrected chi connectivity index (χ0v) is 11.3.